The van der Waals surface area contributed by atoms with E-state index in [-0.39, 0.29) is 5.82 Å². The summed E-state index contributed by atoms with van der Waals surface area (Å²) in [6.07, 6.45) is 0. The van der Waals surface area contributed by atoms with Gasteiger partial charge in [0.15, 0.2) is 6.61 Å². The number of hydrazine groups is 1. The third kappa shape index (κ3) is 5.01. The quantitative estimate of drug-likeness (QED) is 0.511. The molecule has 0 radical (unpaired) electrons. The van der Waals surface area contributed by atoms with Crippen LogP contribution in [-0.2, 0) is 9.53 Å². The van der Waals surface area contributed by atoms with Gasteiger partial charge >= 0.3 is 5.97 Å². The van der Waals surface area contributed by atoms with Gasteiger partial charge in [-0.25, -0.2) is 9.18 Å². The number of hydrogen-bond acceptors (Lipinski definition) is 5. The highest BCUT2D eigenvalue weighted by molar-refractivity contribution is 7.17. The topological polar surface area (TPSA) is 84.5 Å². The summed E-state index contributed by atoms with van der Waals surface area (Å²) in [6.45, 7) is -0.544. The lowest BCUT2D eigenvalue weighted by Crippen LogP contribution is -2.43. The standard InChI is InChI=1S/C20H15FN2O4S/c21-15-8-6-13(7-9-15)16-10-11-17(28-16)20(26)27-12-18(24)22-23-19(25)14-4-2-1-3-5-14/h1-11H,12H2,(H,22,24)(H,23,25). The summed E-state index contributed by atoms with van der Waals surface area (Å²) in [4.78, 5) is 36.7. The molecule has 3 aromatic rings. The van der Waals surface area contributed by atoms with Crippen LogP contribution >= 0.6 is 11.3 Å². The Bertz CT molecular complexity index is 987. The van der Waals surface area contributed by atoms with Gasteiger partial charge in [0.1, 0.15) is 10.7 Å². The molecule has 0 aliphatic carbocycles. The summed E-state index contributed by atoms with van der Waals surface area (Å²) in [7, 11) is 0. The van der Waals surface area contributed by atoms with Crippen molar-refractivity contribution in [3.05, 3.63) is 83.0 Å². The second-order valence-electron chi connectivity index (χ2n) is 5.62. The number of nitrogens with one attached hydrogen (secondary N) is 2. The first kappa shape index (κ1) is 19.2. The number of carbonyl (C=O) groups is 3. The van der Waals surface area contributed by atoms with Crippen LogP contribution in [0.15, 0.2) is 66.7 Å². The minimum atomic E-state index is -0.673. The van der Waals surface area contributed by atoms with E-state index in [1.54, 1.807) is 54.6 Å². The molecular weight excluding hydrogens is 383 g/mol. The molecule has 0 spiro atoms. The van der Waals surface area contributed by atoms with E-state index in [0.29, 0.717) is 10.4 Å². The molecule has 3 rings (SSSR count). The van der Waals surface area contributed by atoms with Gasteiger partial charge in [-0.05, 0) is 42.0 Å². The molecule has 6 nitrogen and oxygen atoms in total. The number of hydrogen-bond donors (Lipinski definition) is 2. The third-order valence-electron chi connectivity index (χ3n) is 3.62. The fourth-order valence-corrected chi connectivity index (χ4v) is 3.15. The van der Waals surface area contributed by atoms with Gasteiger partial charge in [0.25, 0.3) is 11.8 Å². The second kappa shape index (κ2) is 8.92. The van der Waals surface area contributed by atoms with Gasteiger partial charge in [-0.3, -0.25) is 20.4 Å². The lowest BCUT2D eigenvalue weighted by atomic mass is 10.2. The summed E-state index contributed by atoms with van der Waals surface area (Å²) in [5, 5.41) is 0. The molecule has 0 saturated heterocycles. The van der Waals surface area contributed by atoms with Crippen LogP contribution in [0, 0.1) is 5.82 Å². The van der Waals surface area contributed by atoms with E-state index >= 15 is 0 Å². The zero-order valence-electron chi connectivity index (χ0n) is 14.5. The van der Waals surface area contributed by atoms with E-state index in [0.717, 1.165) is 10.4 Å². The van der Waals surface area contributed by atoms with Crippen LogP contribution in [0.2, 0.25) is 0 Å². The predicted molar refractivity (Wildman–Crippen MR) is 102 cm³/mol. The van der Waals surface area contributed by atoms with Crippen LogP contribution in [0.5, 0.6) is 0 Å². The Hall–Kier alpha value is -3.52. The van der Waals surface area contributed by atoms with Crippen molar-refractivity contribution in [2.45, 2.75) is 0 Å². The zero-order valence-corrected chi connectivity index (χ0v) is 15.3. The number of esters is 1. The highest BCUT2D eigenvalue weighted by Gasteiger charge is 2.14. The van der Waals surface area contributed by atoms with Crippen molar-refractivity contribution in [2.75, 3.05) is 6.61 Å². The van der Waals surface area contributed by atoms with Gasteiger partial charge in [0.2, 0.25) is 0 Å². The lowest BCUT2D eigenvalue weighted by Gasteiger charge is -2.07. The fourth-order valence-electron chi connectivity index (χ4n) is 2.24. The normalized spacial score (nSPS) is 10.2. The molecule has 0 aliphatic rings. The first-order valence-electron chi connectivity index (χ1n) is 8.20. The fraction of sp³-hybridized carbons (Fsp3) is 0.0500. The molecule has 0 bridgehead atoms. The summed E-state index contributed by atoms with van der Waals surface area (Å²) in [5.74, 6) is -2.16. The number of benzene rings is 2. The Morgan fingerprint density at radius 2 is 1.61 bits per heavy atom. The largest absolute Gasteiger partial charge is 0.451 e. The SMILES string of the molecule is O=C(COC(=O)c1ccc(-c2ccc(F)cc2)s1)NNC(=O)c1ccccc1. The molecule has 8 heteroatoms. The highest BCUT2D eigenvalue weighted by Crippen LogP contribution is 2.28. The minimum Gasteiger partial charge on any atom is -0.451 e. The van der Waals surface area contributed by atoms with Crippen molar-refractivity contribution in [3.8, 4) is 10.4 Å². The number of amides is 2. The van der Waals surface area contributed by atoms with Crippen molar-refractivity contribution in [1.29, 1.82) is 0 Å². The van der Waals surface area contributed by atoms with Crippen LogP contribution in [-0.4, -0.2) is 24.4 Å². The van der Waals surface area contributed by atoms with Crippen LogP contribution in [0.25, 0.3) is 10.4 Å². The number of carbonyl (C=O) groups excluding carboxylic acids is 3. The van der Waals surface area contributed by atoms with Crippen LogP contribution in [0.1, 0.15) is 20.0 Å². The molecular formula is C20H15FN2O4S. The molecule has 142 valence electrons. The molecule has 0 saturated carbocycles. The Labute approximate surface area is 163 Å². The maximum absolute atomic E-state index is 13.0. The third-order valence-corrected chi connectivity index (χ3v) is 4.74. The van der Waals surface area contributed by atoms with E-state index in [1.807, 2.05) is 0 Å². The van der Waals surface area contributed by atoms with Crippen LogP contribution in [0.4, 0.5) is 4.39 Å². The number of rotatable bonds is 5. The molecule has 1 aromatic heterocycles. The average molecular weight is 398 g/mol. The first-order valence-corrected chi connectivity index (χ1v) is 9.02. The average Bonchev–Trinajstić information content (AvgIpc) is 3.21. The highest BCUT2D eigenvalue weighted by atomic mass is 32.1. The predicted octanol–water partition coefficient (Wildman–Crippen LogP) is 3.17. The van der Waals surface area contributed by atoms with E-state index in [2.05, 4.69) is 10.9 Å². The molecule has 0 fully saturated rings. The molecule has 0 unspecified atom stereocenters. The van der Waals surface area contributed by atoms with Crippen molar-refractivity contribution in [3.63, 3.8) is 0 Å². The van der Waals surface area contributed by atoms with Crippen molar-refractivity contribution in [2.24, 2.45) is 0 Å². The summed E-state index contributed by atoms with van der Waals surface area (Å²) in [6, 6.07) is 17.5. The van der Waals surface area contributed by atoms with Gasteiger partial charge in [0.05, 0.1) is 0 Å². The molecule has 2 N–H and O–H groups in total. The van der Waals surface area contributed by atoms with Crippen molar-refractivity contribution >= 4 is 29.1 Å². The smallest absolute Gasteiger partial charge is 0.348 e. The Kier molecular flexibility index (Phi) is 6.13. The number of halogens is 1. The molecule has 2 aromatic carbocycles. The minimum absolute atomic E-state index is 0.306. The molecule has 0 aliphatic heterocycles. The van der Waals surface area contributed by atoms with E-state index in [9.17, 15) is 18.8 Å². The van der Waals surface area contributed by atoms with Gasteiger partial charge in [-0.1, -0.05) is 30.3 Å². The summed E-state index contributed by atoms with van der Waals surface area (Å²) >= 11 is 1.17. The number of ether oxygens (including phenoxy) is 1. The summed E-state index contributed by atoms with van der Waals surface area (Å²) in [5.41, 5.74) is 5.56. The van der Waals surface area contributed by atoms with Gasteiger partial charge in [-0.2, -0.15) is 0 Å². The molecule has 0 atom stereocenters. The van der Waals surface area contributed by atoms with Crippen molar-refractivity contribution in [1.82, 2.24) is 10.9 Å². The van der Waals surface area contributed by atoms with Gasteiger partial charge < -0.3 is 4.74 Å². The van der Waals surface area contributed by atoms with E-state index < -0.39 is 24.4 Å². The van der Waals surface area contributed by atoms with Gasteiger partial charge in [-0.15, -0.1) is 11.3 Å². The monoisotopic (exact) mass is 398 g/mol. The van der Waals surface area contributed by atoms with E-state index in [1.165, 1.54) is 23.5 Å². The molecule has 28 heavy (non-hydrogen) atoms. The maximum Gasteiger partial charge on any atom is 0.348 e. The second-order valence-corrected chi connectivity index (χ2v) is 6.70. The maximum atomic E-state index is 13.0. The Morgan fingerprint density at radius 3 is 2.32 bits per heavy atom. The first-order chi connectivity index (χ1) is 13.5. The Morgan fingerprint density at radius 1 is 0.893 bits per heavy atom. The lowest BCUT2D eigenvalue weighted by molar-refractivity contribution is -0.125. The molecule has 2 amide bonds. The van der Waals surface area contributed by atoms with Gasteiger partial charge in [0, 0.05) is 10.4 Å². The molecule has 1 heterocycles. The van der Waals surface area contributed by atoms with Crippen LogP contribution < -0.4 is 10.9 Å². The van der Waals surface area contributed by atoms with Crippen molar-refractivity contribution < 1.29 is 23.5 Å². The summed E-state index contributed by atoms with van der Waals surface area (Å²) < 4.78 is 17.9. The van der Waals surface area contributed by atoms with E-state index in [4.69, 9.17) is 4.74 Å². The Balaban J connectivity index is 1.48. The number of thiophene rings is 1. The zero-order chi connectivity index (χ0) is 19.9. The van der Waals surface area contributed by atoms with Crippen LogP contribution in [0.3, 0.4) is 0 Å².